The number of carbonyl (C=O) groups is 3. The molecule has 10 heteroatoms. The first-order chi connectivity index (χ1) is 17.1. The van der Waals surface area contributed by atoms with Gasteiger partial charge in [0.2, 0.25) is 0 Å². The number of imide groups is 1. The van der Waals surface area contributed by atoms with Gasteiger partial charge in [-0.1, -0.05) is 31.8 Å². The van der Waals surface area contributed by atoms with Gasteiger partial charge in [0.25, 0.3) is 11.8 Å². The van der Waals surface area contributed by atoms with E-state index in [2.05, 4.69) is 24.6 Å². The van der Waals surface area contributed by atoms with Crippen molar-refractivity contribution in [2.45, 2.75) is 39.2 Å². The van der Waals surface area contributed by atoms with Crippen molar-refractivity contribution < 1.29 is 33.0 Å². The minimum absolute atomic E-state index is 0.0116. The Morgan fingerprint density at radius 1 is 1.03 bits per heavy atom. The Hall–Kier alpha value is -3.79. The number of rotatable bonds is 8. The van der Waals surface area contributed by atoms with Crippen molar-refractivity contribution in [2.75, 3.05) is 13.2 Å². The number of ether oxygens (including phenoxy) is 3. The third-order valence-electron chi connectivity index (χ3n) is 5.69. The largest absolute Gasteiger partial charge is 0.513 e. The maximum absolute atomic E-state index is 13.6. The highest BCUT2D eigenvalue weighted by atomic mass is 28.3. The molecule has 0 saturated heterocycles. The topological polar surface area (TPSA) is 95.0 Å². The summed E-state index contributed by atoms with van der Waals surface area (Å²) < 4.78 is 29.9. The summed E-state index contributed by atoms with van der Waals surface area (Å²) in [6.07, 6.45) is 0.479. The van der Waals surface area contributed by atoms with Crippen LogP contribution in [-0.2, 0) is 11.3 Å². The number of benzene rings is 2. The fourth-order valence-corrected chi connectivity index (χ4v) is 4.59. The lowest BCUT2D eigenvalue weighted by Crippen LogP contribution is -2.29. The Balaban J connectivity index is 1.86. The first-order valence-corrected chi connectivity index (χ1v) is 15.3. The molecular formula is C26H27FN2O6Si. The van der Waals surface area contributed by atoms with E-state index in [9.17, 15) is 18.8 Å². The van der Waals surface area contributed by atoms with Gasteiger partial charge >= 0.3 is 6.16 Å². The Kier molecular flexibility index (Phi) is 7.07. The van der Waals surface area contributed by atoms with E-state index in [1.54, 1.807) is 19.1 Å². The van der Waals surface area contributed by atoms with Gasteiger partial charge in [-0.05, 0) is 42.8 Å². The molecule has 188 valence electrons. The number of carbonyl (C=O) groups excluding carboxylic acids is 3. The van der Waals surface area contributed by atoms with Gasteiger partial charge in [0.05, 0.1) is 25.3 Å². The van der Waals surface area contributed by atoms with E-state index in [0.717, 1.165) is 10.9 Å². The number of nitrogens with zero attached hydrogens (tertiary/aromatic N) is 2. The van der Waals surface area contributed by atoms with Crippen LogP contribution in [0.25, 0.3) is 10.9 Å². The second-order valence-electron chi connectivity index (χ2n) is 9.57. The zero-order chi connectivity index (χ0) is 26.0. The molecule has 0 atom stereocenters. The van der Waals surface area contributed by atoms with Crippen molar-refractivity contribution in [1.29, 1.82) is 0 Å². The molecule has 0 radical (unpaired) electrons. The number of halogens is 1. The molecule has 2 amide bonds. The van der Waals surface area contributed by atoms with Gasteiger partial charge in [-0.15, -0.1) is 0 Å². The molecule has 0 spiro atoms. The average molecular weight is 511 g/mol. The summed E-state index contributed by atoms with van der Waals surface area (Å²) in [5.74, 6) is -1.62. The van der Waals surface area contributed by atoms with Crippen LogP contribution in [0, 0.1) is 5.82 Å². The van der Waals surface area contributed by atoms with Crippen LogP contribution in [0.15, 0.2) is 42.6 Å². The molecule has 8 nitrogen and oxygen atoms in total. The molecule has 0 fully saturated rings. The molecule has 0 unspecified atom stereocenters. The lowest BCUT2D eigenvalue weighted by Gasteiger charge is -2.19. The predicted octanol–water partition coefficient (Wildman–Crippen LogP) is 5.42. The maximum Gasteiger partial charge on any atom is 0.513 e. The highest BCUT2D eigenvalue weighted by molar-refractivity contribution is 6.76. The second kappa shape index (κ2) is 10.1. The summed E-state index contributed by atoms with van der Waals surface area (Å²) in [6, 6.07) is 9.71. The van der Waals surface area contributed by atoms with Crippen LogP contribution in [0.5, 0.6) is 11.5 Å². The predicted molar refractivity (Wildman–Crippen MR) is 134 cm³/mol. The SMILES string of the molecule is CCOC(=O)Oc1c2c(c(OCC[Si](C)(C)C)c3cccnc13)C(=O)N(Cc1ccc(F)cc1)C2=O. The first-order valence-electron chi connectivity index (χ1n) is 11.6. The average Bonchev–Trinajstić information content (AvgIpc) is 3.06. The molecule has 4 rings (SSSR count). The molecule has 0 N–H and O–H groups in total. The van der Waals surface area contributed by atoms with Crippen molar-refractivity contribution in [3.05, 3.63) is 65.1 Å². The van der Waals surface area contributed by atoms with Crippen LogP contribution < -0.4 is 9.47 Å². The monoisotopic (exact) mass is 510 g/mol. The van der Waals surface area contributed by atoms with Crippen molar-refractivity contribution >= 4 is 36.9 Å². The van der Waals surface area contributed by atoms with Crippen LogP contribution in [0.2, 0.25) is 25.7 Å². The highest BCUT2D eigenvalue weighted by Gasteiger charge is 2.43. The molecule has 2 heterocycles. The fourth-order valence-electron chi connectivity index (χ4n) is 3.88. The minimum Gasteiger partial charge on any atom is -0.492 e. The van der Waals surface area contributed by atoms with Crippen molar-refractivity contribution in [3.63, 3.8) is 0 Å². The van der Waals surface area contributed by atoms with E-state index < -0.39 is 31.9 Å². The van der Waals surface area contributed by atoms with Crippen LogP contribution in [0.1, 0.15) is 33.2 Å². The molecule has 0 aliphatic carbocycles. The zero-order valence-corrected chi connectivity index (χ0v) is 21.6. The van der Waals surface area contributed by atoms with E-state index in [1.807, 2.05) is 0 Å². The number of hydrogen-bond donors (Lipinski definition) is 0. The van der Waals surface area contributed by atoms with E-state index in [4.69, 9.17) is 14.2 Å². The van der Waals surface area contributed by atoms with Crippen molar-refractivity contribution in [3.8, 4) is 11.5 Å². The molecule has 1 aliphatic rings. The second-order valence-corrected chi connectivity index (χ2v) is 15.2. The summed E-state index contributed by atoms with van der Waals surface area (Å²) in [6.45, 7) is 8.55. The number of amides is 2. The Morgan fingerprint density at radius 3 is 2.33 bits per heavy atom. The molecule has 2 aromatic carbocycles. The summed E-state index contributed by atoms with van der Waals surface area (Å²) >= 11 is 0. The summed E-state index contributed by atoms with van der Waals surface area (Å²) in [4.78, 5) is 44.9. The van der Waals surface area contributed by atoms with Gasteiger partial charge in [-0.25, -0.2) is 9.18 Å². The van der Waals surface area contributed by atoms with Gasteiger partial charge < -0.3 is 14.2 Å². The number of pyridine rings is 1. The van der Waals surface area contributed by atoms with Crippen molar-refractivity contribution in [1.82, 2.24) is 9.88 Å². The highest BCUT2D eigenvalue weighted by Crippen LogP contribution is 2.45. The lowest BCUT2D eigenvalue weighted by atomic mass is 10.0. The van der Waals surface area contributed by atoms with Crippen LogP contribution in [0.3, 0.4) is 0 Å². The van der Waals surface area contributed by atoms with Gasteiger partial charge in [0.1, 0.15) is 22.6 Å². The minimum atomic E-state index is -1.47. The normalized spacial score (nSPS) is 13.2. The van der Waals surface area contributed by atoms with Gasteiger partial charge in [-0.3, -0.25) is 19.5 Å². The van der Waals surface area contributed by atoms with E-state index in [0.29, 0.717) is 17.6 Å². The van der Waals surface area contributed by atoms with Crippen molar-refractivity contribution in [2.24, 2.45) is 0 Å². The summed E-state index contributed by atoms with van der Waals surface area (Å²) in [7, 11) is -1.47. The van der Waals surface area contributed by atoms with Crippen LogP contribution in [-0.4, -0.2) is 49.1 Å². The molecule has 36 heavy (non-hydrogen) atoms. The smallest absolute Gasteiger partial charge is 0.492 e. The molecule has 0 bridgehead atoms. The third kappa shape index (κ3) is 5.08. The van der Waals surface area contributed by atoms with Crippen LogP contribution in [0.4, 0.5) is 9.18 Å². The molecule has 1 aromatic heterocycles. The molecule has 1 aliphatic heterocycles. The quantitative estimate of drug-likeness (QED) is 0.173. The molecule has 0 saturated carbocycles. The van der Waals surface area contributed by atoms with Gasteiger partial charge in [0.15, 0.2) is 5.75 Å². The standard InChI is InChI=1S/C26H27FN2O6Si/c1-5-33-26(32)35-23-20-19(24(30)29(25(20)31)15-16-8-10-17(27)11-9-16)22(34-13-14-36(2,3)4)18-7-6-12-28-21(18)23/h6-12H,5,13-15H2,1-4H3. The zero-order valence-electron chi connectivity index (χ0n) is 20.6. The molecular weight excluding hydrogens is 483 g/mol. The van der Waals surface area contributed by atoms with E-state index >= 15 is 0 Å². The number of fused-ring (bicyclic) bond motifs is 2. The molecule has 3 aromatic rings. The number of hydrogen-bond acceptors (Lipinski definition) is 7. The lowest BCUT2D eigenvalue weighted by molar-refractivity contribution is 0.0640. The van der Waals surface area contributed by atoms with Crippen LogP contribution >= 0.6 is 0 Å². The Bertz CT molecular complexity index is 1340. The van der Waals surface area contributed by atoms with E-state index in [1.165, 1.54) is 30.5 Å². The van der Waals surface area contributed by atoms with Gasteiger partial charge in [-0.2, -0.15) is 0 Å². The van der Waals surface area contributed by atoms with E-state index in [-0.39, 0.29) is 41.3 Å². The van der Waals surface area contributed by atoms with Gasteiger partial charge in [0, 0.05) is 19.7 Å². The first kappa shape index (κ1) is 25.3. The summed E-state index contributed by atoms with van der Waals surface area (Å²) in [5.41, 5.74) is 0.668. The summed E-state index contributed by atoms with van der Waals surface area (Å²) in [5, 5.41) is 0.441. The Labute approximate surface area is 209 Å². The Morgan fingerprint density at radius 2 is 1.69 bits per heavy atom. The third-order valence-corrected chi connectivity index (χ3v) is 7.39. The number of aromatic nitrogens is 1. The maximum atomic E-state index is 13.6. The fraction of sp³-hybridized carbons (Fsp3) is 0.308.